The maximum atomic E-state index is 11.7. The van der Waals surface area contributed by atoms with Crippen LogP contribution in [-0.4, -0.2) is 35.6 Å². The first-order valence-electron chi connectivity index (χ1n) is 6.73. The Morgan fingerprint density at radius 3 is 2.50 bits per heavy atom. The first-order valence-corrected chi connectivity index (χ1v) is 7.16. The van der Waals surface area contributed by atoms with Gasteiger partial charge in [0.2, 0.25) is 0 Å². The lowest BCUT2D eigenvalue weighted by atomic mass is 10.2. The highest BCUT2D eigenvalue weighted by molar-refractivity contribution is 6.19. The molecule has 5 nitrogen and oxygen atoms in total. The van der Waals surface area contributed by atoms with Crippen molar-refractivity contribution in [3.8, 4) is 0 Å². The van der Waals surface area contributed by atoms with Gasteiger partial charge in [-0.25, -0.2) is 5.48 Å². The van der Waals surface area contributed by atoms with E-state index in [2.05, 4.69) is 10.4 Å². The highest BCUT2D eigenvalue weighted by atomic mass is 35.5. The van der Waals surface area contributed by atoms with Gasteiger partial charge in [-0.2, -0.15) is 0 Å². The molecule has 112 valence electrons. The lowest BCUT2D eigenvalue weighted by Crippen LogP contribution is -2.44. The van der Waals surface area contributed by atoms with Gasteiger partial charge in [-0.3, -0.25) is 14.5 Å². The molecule has 2 atom stereocenters. The second kappa shape index (κ2) is 8.92. The first-order chi connectivity index (χ1) is 9.58. The van der Waals surface area contributed by atoms with Crippen LogP contribution in [0, 0.1) is 0 Å². The van der Waals surface area contributed by atoms with Gasteiger partial charge in [0, 0.05) is 12.0 Å². The molecular formula is C14H22ClN3O2. The van der Waals surface area contributed by atoms with Crippen LogP contribution in [0.2, 0.25) is 0 Å². The molecule has 2 unspecified atom stereocenters. The summed E-state index contributed by atoms with van der Waals surface area (Å²) in [5, 5.41) is 0. The molecule has 0 radical (unpaired) electrons. The number of nitrogens with two attached hydrogens (primary N) is 1. The van der Waals surface area contributed by atoms with Gasteiger partial charge >= 0.3 is 0 Å². The number of hydrogen-bond donors (Lipinski definition) is 2. The summed E-state index contributed by atoms with van der Waals surface area (Å²) in [6.07, 6.45) is 0.235. The minimum atomic E-state index is -0.668. The van der Waals surface area contributed by atoms with E-state index in [0.29, 0.717) is 12.0 Å². The monoisotopic (exact) mass is 299 g/mol. The zero-order valence-electron chi connectivity index (χ0n) is 11.9. The van der Waals surface area contributed by atoms with Gasteiger partial charge in [0.15, 0.2) is 5.56 Å². The van der Waals surface area contributed by atoms with Crippen LogP contribution in [0.1, 0.15) is 30.6 Å². The SMILES string of the molecule is CCN(CC)C(N)CC(Cl)ONC(=O)c1ccccc1. The number of halogens is 1. The summed E-state index contributed by atoms with van der Waals surface area (Å²) in [7, 11) is 0. The summed E-state index contributed by atoms with van der Waals surface area (Å²) < 4.78 is 0. The fourth-order valence-corrected chi connectivity index (χ4v) is 2.07. The van der Waals surface area contributed by atoms with Gasteiger partial charge in [-0.1, -0.05) is 43.6 Å². The van der Waals surface area contributed by atoms with Crippen molar-refractivity contribution in [2.45, 2.75) is 32.0 Å². The Balaban J connectivity index is 2.36. The van der Waals surface area contributed by atoms with E-state index in [1.165, 1.54) is 0 Å². The molecule has 0 spiro atoms. The molecule has 0 aliphatic heterocycles. The third-order valence-electron chi connectivity index (χ3n) is 3.02. The molecule has 1 rings (SSSR count). The average molecular weight is 300 g/mol. The standard InChI is InChI=1S/C14H22ClN3O2/c1-3-18(4-2)13(16)10-12(15)20-17-14(19)11-8-6-5-7-9-11/h5-9,12-13H,3-4,10,16H2,1-2H3,(H,17,19). The number of carbonyl (C=O) groups is 1. The van der Waals surface area contributed by atoms with Crippen LogP contribution in [0.25, 0.3) is 0 Å². The summed E-state index contributed by atoms with van der Waals surface area (Å²) in [5.74, 6) is -0.326. The first kappa shape index (κ1) is 16.9. The summed E-state index contributed by atoms with van der Waals surface area (Å²) in [5.41, 5.74) is 8.19. The maximum Gasteiger partial charge on any atom is 0.274 e. The highest BCUT2D eigenvalue weighted by Crippen LogP contribution is 2.09. The van der Waals surface area contributed by atoms with Crippen molar-refractivity contribution in [2.24, 2.45) is 5.73 Å². The van der Waals surface area contributed by atoms with E-state index >= 15 is 0 Å². The number of nitrogens with one attached hydrogen (secondary N) is 1. The number of hydroxylamine groups is 1. The van der Waals surface area contributed by atoms with Gasteiger partial charge in [-0.15, -0.1) is 0 Å². The fraction of sp³-hybridized carbons (Fsp3) is 0.500. The minimum Gasteiger partial charge on any atom is -0.316 e. The van der Waals surface area contributed by atoms with Gasteiger partial charge in [0.25, 0.3) is 5.91 Å². The molecule has 1 amide bonds. The van der Waals surface area contributed by atoms with E-state index in [-0.39, 0.29) is 12.1 Å². The van der Waals surface area contributed by atoms with Crippen LogP contribution < -0.4 is 11.2 Å². The Labute approximate surface area is 125 Å². The highest BCUT2D eigenvalue weighted by Gasteiger charge is 2.17. The summed E-state index contributed by atoms with van der Waals surface area (Å²) >= 11 is 6.02. The topological polar surface area (TPSA) is 67.6 Å². The normalized spacial score (nSPS) is 14.1. The molecule has 0 aromatic heterocycles. The lowest BCUT2D eigenvalue weighted by molar-refractivity contribution is 0.00523. The third kappa shape index (κ3) is 5.46. The minimum absolute atomic E-state index is 0.193. The van der Waals surface area contributed by atoms with Gasteiger partial charge in [0.05, 0.1) is 6.17 Å². The van der Waals surface area contributed by atoms with E-state index in [1.807, 2.05) is 19.9 Å². The van der Waals surface area contributed by atoms with E-state index in [4.69, 9.17) is 22.2 Å². The summed E-state index contributed by atoms with van der Waals surface area (Å²) in [6.45, 7) is 5.75. The number of carbonyl (C=O) groups excluding carboxylic acids is 1. The number of nitrogens with zero attached hydrogens (tertiary/aromatic N) is 1. The molecule has 0 aliphatic carbocycles. The molecule has 0 saturated heterocycles. The zero-order chi connectivity index (χ0) is 15.0. The van der Waals surface area contributed by atoms with Gasteiger partial charge < -0.3 is 5.73 Å². The number of alkyl halides is 1. The number of amides is 1. The van der Waals surface area contributed by atoms with E-state index in [1.54, 1.807) is 24.3 Å². The predicted molar refractivity (Wildman–Crippen MR) is 80.1 cm³/mol. The second-order valence-corrected chi connectivity index (χ2v) is 4.84. The smallest absolute Gasteiger partial charge is 0.274 e. The Bertz CT molecular complexity index is 399. The van der Waals surface area contributed by atoms with Gasteiger partial charge in [-0.05, 0) is 25.2 Å². The van der Waals surface area contributed by atoms with Crippen LogP contribution in [-0.2, 0) is 4.84 Å². The number of hydrogen-bond acceptors (Lipinski definition) is 4. The Kier molecular flexibility index (Phi) is 7.54. The number of benzene rings is 1. The Morgan fingerprint density at radius 2 is 1.95 bits per heavy atom. The van der Waals surface area contributed by atoms with E-state index in [0.717, 1.165) is 13.1 Å². The van der Waals surface area contributed by atoms with Crippen molar-refractivity contribution >= 4 is 17.5 Å². The molecule has 1 aromatic carbocycles. The largest absolute Gasteiger partial charge is 0.316 e. The van der Waals surface area contributed by atoms with Crippen molar-refractivity contribution in [1.82, 2.24) is 10.4 Å². The molecule has 0 fully saturated rings. The molecule has 0 aliphatic rings. The molecule has 1 aromatic rings. The molecule has 3 N–H and O–H groups in total. The molecular weight excluding hydrogens is 278 g/mol. The van der Waals surface area contributed by atoms with Crippen LogP contribution >= 0.6 is 11.6 Å². The zero-order valence-corrected chi connectivity index (χ0v) is 12.6. The predicted octanol–water partition coefficient (Wildman–Crippen LogP) is 1.93. The molecule has 0 bridgehead atoms. The second-order valence-electron chi connectivity index (χ2n) is 4.35. The van der Waals surface area contributed by atoms with Crippen LogP contribution in [0.4, 0.5) is 0 Å². The molecule has 0 saturated carbocycles. The number of rotatable bonds is 8. The quantitative estimate of drug-likeness (QED) is 0.437. The summed E-state index contributed by atoms with van der Waals surface area (Å²) in [4.78, 5) is 18.9. The molecule has 0 heterocycles. The lowest BCUT2D eigenvalue weighted by Gasteiger charge is -2.27. The van der Waals surface area contributed by atoms with Crippen LogP contribution in [0.5, 0.6) is 0 Å². The molecule has 20 heavy (non-hydrogen) atoms. The van der Waals surface area contributed by atoms with Crippen molar-refractivity contribution in [3.63, 3.8) is 0 Å². The average Bonchev–Trinajstić information content (AvgIpc) is 2.47. The Morgan fingerprint density at radius 1 is 1.35 bits per heavy atom. The Hall–Kier alpha value is -1.14. The third-order valence-corrected chi connectivity index (χ3v) is 3.29. The van der Waals surface area contributed by atoms with Crippen molar-refractivity contribution in [3.05, 3.63) is 35.9 Å². The maximum absolute atomic E-state index is 11.7. The van der Waals surface area contributed by atoms with Crippen molar-refractivity contribution in [2.75, 3.05) is 13.1 Å². The molecule has 6 heteroatoms. The van der Waals surface area contributed by atoms with E-state index in [9.17, 15) is 4.79 Å². The fourth-order valence-electron chi connectivity index (χ4n) is 1.85. The summed E-state index contributed by atoms with van der Waals surface area (Å²) in [6, 6.07) is 8.80. The van der Waals surface area contributed by atoms with Crippen molar-refractivity contribution in [1.29, 1.82) is 0 Å². The van der Waals surface area contributed by atoms with Crippen LogP contribution in [0.3, 0.4) is 0 Å². The van der Waals surface area contributed by atoms with Crippen molar-refractivity contribution < 1.29 is 9.63 Å². The van der Waals surface area contributed by atoms with Crippen LogP contribution in [0.15, 0.2) is 30.3 Å². The van der Waals surface area contributed by atoms with E-state index < -0.39 is 5.56 Å². The van der Waals surface area contributed by atoms with Gasteiger partial charge in [0.1, 0.15) is 0 Å².